The van der Waals surface area contributed by atoms with Gasteiger partial charge in [0.05, 0.1) is 6.85 Å². The Kier molecular flexibility index (Phi) is 5.89. The van der Waals surface area contributed by atoms with E-state index in [1.54, 1.807) is 0 Å². The molecule has 0 saturated carbocycles. The Morgan fingerprint density at radius 3 is 1.83 bits per heavy atom. The van der Waals surface area contributed by atoms with Gasteiger partial charge in [-0.2, -0.15) is 0 Å². The first-order chi connectivity index (χ1) is 27.6. The Morgan fingerprint density at radius 1 is 0.462 bits per heavy atom. The summed E-state index contributed by atoms with van der Waals surface area (Å²) in [5, 5.41) is 1.93. The summed E-state index contributed by atoms with van der Waals surface area (Å²) in [6, 6.07) is 43.7. The Morgan fingerprint density at radius 2 is 1.08 bits per heavy atom. The summed E-state index contributed by atoms with van der Waals surface area (Å²) in [6.07, 6.45) is 0. The van der Waals surface area contributed by atoms with Gasteiger partial charge in [-0.15, -0.1) is 11.3 Å². The number of hydrogen-bond acceptors (Lipinski definition) is 4. The van der Waals surface area contributed by atoms with E-state index >= 15 is 0 Å². The highest BCUT2D eigenvalue weighted by Gasteiger charge is 2.35. The molecule has 1 aliphatic carbocycles. The number of rotatable bonds is 5. The molecule has 10 rings (SSSR count). The lowest BCUT2D eigenvalue weighted by Gasteiger charge is -2.21. The van der Waals surface area contributed by atoms with E-state index in [2.05, 4.69) is 74.5 Å². The van der Waals surface area contributed by atoms with Crippen molar-refractivity contribution in [3.63, 3.8) is 0 Å². The molecule has 2 aromatic heterocycles. The van der Waals surface area contributed by atoms with Gasteiger partial charge in [-0.25, -0.2) is 15.0 Å². The highest BCUT2D eigenvalue weighted by molar-refractivity contribution is 7.26. The molecule has 3 nitrogen and oxygen atoms in total. The number of fused-ring (bicyclic) bond motifs is 6. The van der Waals surface area contributed by atoms with Crippen LogP contribution in [-0.4, -0.2) is 15.0 Å². The second-order valence-electron chi connectivity index (χ2n) is 13.7. The molecule has 0 atom stereocenters. The molecule has 0 unspecified atom stereocenters. The molecule has 246 valence electrons. The zero-order valence-corrected chi connectivity index (χ0v) is 29.3. The van der Waals surface area contributed by atoms with Gasteiger partial charge in [0.2, 0.25) is 0 Å². The van der Waals surface area contributed by atoms with Gasteiger partial charge in [-0.05, 0) is 63.2 Å². The van der Waals surface area contributed by atoms with E-state index in [4.69, 9.17) is 21.8 Å². The zero-order valence-electron chi connectivity index (χ0n) is 33.5. The first-order valence-corrected chi connectivity index (χ1v) is 18.1. The molecular weight excluding hydrogens is 651 g/mol. The van der Waals surface area contributed by atoms with Crippen molar-refractivity contribution in [2.45, 2.75) is 19.3 Å². The van der Waals surface area contributed by atoms with Crippen LogP contribution >= 0.6 is 11.3 Å². The average molecular weight is 689 g/mol. The molecule has 2 heterocycles. The minimum Gasteiger partial charge on any atom is -0.208 e. The van der Waals surface area contributed by atoms with Crippen molar-refractivity contribution in [2.24, 2.45) is 0 Å². The summed E-state index contributed by atoms with van der Waals surface area (Å²) in [6.45, 7) is 4.53. The predicted molar refractivity (Wildman–Crippen MR) is 217 cm³/mol. The van der Waals surface area contributed by atoms with E-state index in [0.717, 1.165) is 48.0 Å². The van der Waals surface area contributed by atoms with Crippen LogP contribution in [0.4, 0.5) is 0 Å². The molecule has 0 N–H and O–H groups in total. The van der Waals surface area contributed by atoms with Gasteiger partial charge in [0.25, 0.3) is 0 Å². The van der Waals surface area contributed by atoms with E-state index in [-0.39, 0.29) is 35.1 Å². The summed E-state index contributed by atoms with van der Waals surface area (Å²) in [5.41, 5.74) is 10.1. The highest BCUT2D eigenvalue weighted by atomic mass is 32.1. The van der Waals surface area contributed by atoms with Crippen molar-refractivity contribution in [1.82, 2.24) is 15.0 Å². The molecule has 0 amide bonds. The minimum atomic E-state index is -0.412. The summed E-state index contributed by atoms with van der Waals surface area (Å²) in [4.78, 5) is 15.2. The number of hydrogen-bond donors (Lipinski definition) is 0. The molecule has 9 aromatic rings. The lowest BCUT2D eigenvalue weighted by molar-refractivity contribution is 0.660. The Bertz CT molecular complexity index is 3080. The Hall–Kier alpha value is -6.23. The SMILES string of the molecule is [2H]c1c([2H])c([2H])c(-c2cc(-c3ccccc3)cc3c2sc2cc(-c4nc(-c5ccccc5)nc(-c5ccc6c(c5)C(C)(C)c5ccccc5-6)n4)ccc23)c([2H])c1[2H]. The lowest BCUT2D eigenvalue weighted by Crippen LogP contribution is -2.15. The second-order valence-corrected chi connectivity index (χ2v) is 14.7. The molecule has 52 heavy (non-hydrogen) atoms. The molecule has 0 aliphatic heterocycles. The van der Waals surface area contributed by atoms with E-state index in [0.29, 0.717) is 23.0 Å². The van der Waals surface area contributed by atoms with Gasteiger partial charge in [0.15, 0.2) is 17.5 Å². The number of nitrogens with zero attached hydrogens (tertiary/aromatic N) is 3. The van der Waals surface area contributed by atoms with Crippen LogP contribution in [0, 0.1) is 0 Å². The molecule has 1 aliphatic rings. The van der Waals surface area contributed by atoms with E-state index in [9.17, 15) is 0 Å². The number of thiophene rings is 1. The largest absolute Gasteiger partial charge is 0.208 e. The maximum absolute atomic E-state index is 8.89. The Balaban J connectivity index is 1.17. The van der Waals surface area contributed by atoms with Gasteiger partial charge in [0.1, 0.15) is 0 Å². The lowest BCUT2D eigenvalue weighted by atomic mass is 9.82. The maximum atomic E-state index is 8.89. The highest BCUT2D eigenvalue weighted by Crippen LogP contribution is 2.49. The van der Waals surface area contributed by atoms with Crippen LogP contribution in [0.5, 0.6) is 0 Å². The summed E-state index contributed by atoms with van der Waals surface area (Å²) in [7, 11) is 0. The molecule has 7 aromatic carbocycles. The molecule has 0 bridgehead atoms. The van der Waals surface area contributed by atoms with Gasteiger partial charge in [-0.3, -0.25) is 0 Å². The third-order valence-corrected chi connectivity index (χ3v) is 11.4. The van der Waals surface area contributed by atoms with Gasteiger partial charge in [-0.1, -0.05) is 153 Å². The molecule has 0 radical (unpaired) electrons. The van der Waals surface area contributed by atoms with Crippen LogP contribution in [-0.2, 0) is 5.41 Å². The van der Waals surface area contributed by atoms with Crippen molar-refractivity contribution in [1.29, 1.82) is 0 Å². The van der Waals surface area contributed by atoms with Crippen LogP contribution in [0.25, 0.3) is 87.7 Å². The number of benzene rings is 7. The standard InChI is InChI=1S/C48H33N3S/c1-48(2)41-21-13-12-20-36(41)37-24-22-33(28-42(37)48)46-49-45(32-18-10-5-11-19-32)50-47(51-46)34-23-25-38-40-27-35(30-14-6-3-7-15-30)26-39(31-16-8-4-9-17-31)44(40)52-43(38)29-34/h3-29H,1-2H3/i4D,8D,9D,16D,17D. The maximum Gasteiger partial charge on any atom is 0.164 e. The van der Waals surface area contributed by atoms with E-state index in [1.807, 2.05) is 72.8 Å². The van der Waals surface area contributed by atoms with Gasteiger partial charge >= 0.3 is 0 Å². The van der Waals surface area contributed by atoms with Crippen molar-refractivity contribution in [3.8, 4) is 67.5 Å². The summed E-state index contributed by atoms with van der Waals surface area (Å²) < 4.78 is 44.7. The number of aromatic nitrogens is 3. The van der Waals surface area contributed by atoms with Crippen LogP contribution in [0.3, 0.4) is 0 Å². The van der Waals surface area contributed by atoms with Crippen LogP contribution in [0.1, 0.15) is 31.8 Å². The normalized spacial score (nSPS) is 14.3. The fourth-order valence-corrected chi connectivity index (χ4v) is 8.82. The van der Waals surface area contributed by atoms with Crippen molar-refractivity contribution in [2.75, 3.05) is 0 Å². The minimum absolute atomic E-state index is 0.180. The first-order valence-electron chi connectivity index (χ1n) is 19.8. The predicted octanol–water partition coefficient (Wildman–Crippen LogP) is 12.9. The smallest absolute Gasteiger partial charge is 0.164 e. The third-order valence-electron chi connectivity index (χ3n) is 10.2. The zero-order chi connectivity index (χ0) is 39.2. The molecule has 0 fully saturated rings. The van der Waals surface area contributed by atoms with Crippen molar-refractivity contribution in [3.05, 3.63) is 175 Å². The third kappa shape index (κ3) is 4.98. The summed E-state index contributed by atoms with van der Waals surface area (Å²) in [5.74, 6) is 1.70. The molecule has 4 heteroatoms. The average Bonchev–Trinajstić information content (AvgIpc) is 3.73. The van der Waals surface area contributed by atoms with E-state index < -0.39 is 6.04 Å². The monoisotopic (exact) mass is 688 g/mol. The summed E-state index contributed by atoms with van der Waals surface area (Å²) >= 11 is 1.53. The van der Waals surface area contributed by atoms with Crippen LogP contribution < -0.4 is 0 Å². The fourth-order valence-electron chi connectivity index (χ4n) is 7.58. The van der Waals surface area contributed by atoms with Gasteiger partial charge < -0.3 is 0 Å². The first kappa shape index (κ1) is 25.7. The molecular formula is C48H33N3S. The van der Waals surface area contributed by atoms with Crippen molar-refractivity contribution < 1.29 is 6.85 Å². The van der Waals surface area contributed by atoms with Crippen molar-refractivity contribution >= 4 is 31.5 Å². The van der Waals surface area contributed by atoms with E-state index in [1.165, 1.54) is 33.6 Å². The second kappa shape index (κ2) is 11.9. The topological polar surface area (TPSA) is 38.7 Å². The molecule has 0 saturated heterocycles. The van der Waals surface area contributed by atoms with Crippen LogP contribution in [0.2, 0.25) is 0 Å². The fraction of sp³-hybridized carbons (Fsp3) is 0.0625. The Labute approximate surface area is 314 Å². The van der Waals surface area contributed by atoms with Gasteiger partial charge in [0, 0.05) is 47.8 Å². The quantitative estimate of drug-likeness (QED) is 0.181. The molecule has 0 spiro atoms. The van der Waals surface area contributed by atoms with Crippen LogP contribution in [0.15, 0.2) is 164 Å².